The summed E-state index contributed by atoms with van der Waals surface area (Å²) >= 11 is -2.36. The van der Waals surface area contributed by atoms with Gasteiger partial charge in [0.25, 0.3) is 0 Å². The van der Waals surface area contributed by atoms with E-state index in [1.54, 1.807) is 13.8 Å². The Balaban J connectivity index is 0. The van der Waals surface area contributed by atoms with E-state index in [0.29, 0.717) is 0 Å². The van der Waals surface area contributed by atoms with Crippen LogP contribution in [-0.2, 0) is 11.1 Å². The minimum absolute atomic E-state index is 0. The third-order valence-electron chi connectivity index (χ3n) is 1.42. The molecule has 0 radical (unpaired) electrons. The van der Waals surface area contributed by atoms with Gasteiger partial charge in [-0.15, -0.1) is 0 Å². The van der Waals surface area contributed by atoms with E-state index in [2.05, 4.69) is 0 Å². The van der Waals surface area contributed by atoms with Gasteiger partial charge in [-0.25, -0.2) is 0 Å². The maximum absolute atomic E-state index is 10.2. The van der Waals surface area contributed by atoms with E-state index in [-0.39, 0.29) is 42.4 Å². The molecule has 5 heteroatoms. The van der Waals surface area contributed by atoms with Crippen molar-refractivity contribution in [3.63, 3.8) is 0 Å². The summed E-state index contributed by atoms with van der Waals surface area (Å²) in [5, 5.41) is 9.09. The van der Waals surface area contributed by atoms with Gasteiger partial charge in [-0.1, -0.05) is 13.8 Å². The molecular formula is C5H11NaO3S. The van der Waals surface area contributed by atoms with Crippen molar-refractivity contribution in [2.45, 2.75) is 31.6 Å². The van der Waals surface area contributed by atoms with Gasteiger partial charge in [-0.05, 0) is 23.9 Å². The number of hydrogen-bond donors (Lipinski definition) is 1. The molecule has 0 aliphatic heterocycles. The molecule has 0 heterocycles. The first-order valence-electron chi connectivity index (χ1n) is 2.88. The van der Waals surface area contributed by atoms with Crippen molar-refractivity contribution in [1.82, 2.24) is 0 Å². The topological polar surface area (TPSA) is 60.4 Å². The third-order valence-corrected chi connectivity index (χ3v) is 2.61. The Morgan fingerprint density at radius 2 is 1.80 bits per heavy atom. The third kappa shape index (κ3) is 3.46. The average molecular weight is 174 g/mol. The summed E-state index contributed by atoms with van der Waals surface area (Å²) in [5.74, 6) is 0. The van der Waals surface area contributed by atoms with Gasteiger partial charge in [0, 0.05) is 0 Å². The normalized spacial score (nSPS) is 14.0. The van der Waals surface area contributed by atoms with E-state index in [4.69, 9.17) is 5.11 Å². The largest absolute Gasteiger partial charge is 1.00 e. The summed E-state index contributed by atoms with van der Waals surface area (Å²) in [5.41, 5.74) is 0. The molecule has 0 aromatic heterocycles. The summed E-state index contributed by atoms with van der Waals surface area (Å²) in [6.45, 7) is 3.28. The second kappa shape index (κ2) is 5.69. The first-order valence-corrected chi connectivity index (χ1v) is 3.96. The molecule has 1 N–H and O–H groups in total. The molecule has 1 unspecified atom stereocenters. The summed E-state index contributed by atoms with van der Waals surface area (Å²) < 4.78 is 20.5. The molecule has 0 fully saturated rings. The zero-order valence-electron chi connectivity index (χ0n) is 6.59. The van der Waals surface area contributed by atoms with Crippen LogP contribution in [0.15, 0.2) is 0 Å². The first-order chi connectivity index (χ1) is 4.06. The monoisotopic (exact) mass is 174 g/mol. The van der Waals surface area contributed by atoms with Crippen molar-refractivity contribution in [2.75, 3.05) is 0 Å². The standard InChI is InChI=1S/C5H12O3S.Na/c1-3-5(6,4-2)9(7)8;/h6H,3-4H2,1-2H3,(H,7,8);/q;+1/p-1. The van der Waals surface area contributed by atoms with Gasteiger partial charge in [0.1, 0.15) is 4.93 Å². The number of hydrogen-bond acceptors (Lipinski definition) is 3. The Hall–Kier alpha value is 1.07. The molecule has 10 heavy (non-hydrogen) atoms. The van der Waals surface area contributed by atoms with Crippen molar-refractivity contribution in [3.8, 4) is 0 Å². The molecule has 0 aromatic rings. The SMILES string of the molecule is CCC(O)(CC)S(=O)[O-].[Na+]. The van der Waals surface area contributed by atoms with E-state index in [0.717, 1.165) is 0 Å². The summed E-state index contributed by atoms with van der Waals surface area (Å²) in [6.07, 6.45) is 0.499. The average Bonchev–Trinajstić information content (AvgIpc) is 1.86. The molecule has 0 amide bonds. The first kappa shape index (κ1) is 13.6. The maximum atomic E-state index is 10.2. The Morgan fingerprint density at radius 1 is 1.50 bits per heavy atom. The summed E-state index contributed by atoms with van der Waals surface area (Å²) in [4.78, 5) is -1.50. The smallest absolute Gasteiger partial charge is 0.770 e. The van der Waals surface area contributed by atoms with Crippen molar-refractivity contribution >= 4 is 11.1 Å². The predicted octanol–water partition coefficient (Wildman–Crippen LogP) is -2.62. The van der Waals surface area contributed by atoms with Gasteiger partial charge in [0.2, 0.25) is 0 Å². The minimum Gasteiger partial charge on any atom is -0.770 e. The molecular weight excluding hydrogens is 163 g/mol. The molecule has 0 spiro atoms. The molecule has 56 valence electrons. The van der Waals surface area contributed by atoms with Crippen LogP contribution in [0.4, 0.5) is 0 Å². The van der Waals surface area contributed by atoms with Crippen LogP contribution in [0, 0.1) is 0 Å². The van der Waals surface area contributed by atoms with Crippen LogP contribution >= 0.6 is 0 Å². The van der Waals surface area contributed by atoms with Gasteiger partial charge < -0.3 is 9.66 Å². The Labute approximate surface area is 85.8 Å². The quantitative estimate of drug-likeness (QED) is 0.376. The van der Waals surface area contributed by atoms with Crippen LogP contribution in [-0.4, -0.2) is 18.8 Å². The minimum atomic E-state index is -2.36. The van der Waals surface area contributed by atoms with Gasteiger partial charge in [0.05, 0.1) is 0 Å². The summed E-state index contributed by atoms with van der Waals surface area (Å²) in [7, 11) is 0. The van der Waals surface area contributed by atoms with Crippen LogP contribution < -0.4 is 29.6 Å². The van der Waals surface area contributed by atoms with E-state index in [1.807, 2.05) is 0 Å². The second-order valence-corrected chi connectivity index (χ2v) is 3.12. The van der Waals surface area contributed by atoms with Crippen LogP contribution in [0.5, 0.6) is 0 Å². The van der Waals surface area contributed by atoms with Gasteiger partial charge in [0.15, 0.2) is 0 Å². The second-order valence-electron chi connectivity index (χ2n) is 1.89. The maximum Gasteiger partial charge on any atom is 1.00 e. The van der Waals surface area contributed by atoms with Crippen LogP contribution in [0.25, 0.3) is 0 Å². The number of rotatable bonds is 3. The number of aliphatic hydroxyl groups is 1. The van der Waals surface area contributed by atoms with Crippen molar-refractivity contribution in [1.29, 1.82) is 0 Å². The van der Waals surface area contributed by atoms with Gasteiger partial charge in [-0.3, -0.25) is 4.21 Å². The molecule has 1 atom stereocenters. The molecule has 0 aliphatic rings. The van der Waals surface area contributed by atoms with Crippen molar-refractivity contribution < 1.29 is 43.4 Å². The Morgan fingerprint density at radius 3 is 1.80 bits per heavy atom. The summed E-state index contributed by atoms with van der Waals surface area (Å²) in [6, 6.07) is 0. The molecule has 0 saturated carbocycles. The Bertz CT molecular complexity index is 113. The molecule has 0 rings (SSSR count). The fraction of sp³-hybridized carbons (Fsp3) is 1.00. The molecule has 0 saturated heterocycles. The molecule has 0 aromatic carbocycles. The van der Waals surface area contributed by atoms with Crippen LogP contribution in [0.3, 0.4) is 0 Å². The zero-order valence-corrected chi connectivity index (χ0v) is 9.40. The van der Waals surface area contributed by atoms with E-state index in [1.165, 1.54) is 0 Å². The Kier molecular flexibility index (Phi) is 7.76. The fourth-order valence-electron chi connectivity index (χ4n) is 0.486. The van der Waals surface area contributed by atoms with E-state index >= 15 is 0 Å². The predicted molar refractivity (Wildman–Crippen MR) is 34.5 cm³/mol. The molecule has 0 bridgehead atoms. The van der Waals surface area contributed by atoms with Gasteiger partial charge in [-0.2, -0.15) is 0 Å². The molecule has 0 aliphatic carbocycles. The van der Waals surface area contributed by atoms with Crippen molar-refractivity contribution in [3.05, 3.63) is 0 Å². The molecule has 3 nitrogen and oxygen atoms in total. The van der Waals surface area contributed by atoms with E-state index < -0.39 is 16.0 Å². The van der Waals surface area contributed by atoms with Crippen molar-refractivity contribution in [2.24, 2.45) is 0 Å². The van der Waals surface area contributed by atoms with Crippen LogP contribution in [0.1, 0.15) is 26.7 Å². The fourth-order valence-corrected chi connectivity index (χ4v) is 0.957. The van der Waals surface area contributed by atoms with E-state index in [9.17, 15) is 8.76 Å². The van der Waals surface area contributed by atoms with Gasteiger partial charge >= 0.3 is 29.6 Å². The van der Waals surface area contributed by atoms with Crippen LogP contribution in [0.2, 0.25) is 0 Å². The zero-order chi connectivity index (χ0) is 7.49.